The summed E-state index contributed by atoms with van der Waals surface area (Å²) in [4.78, 5) is 19.9. The summed E-state index contributed by atoms with van der Waals surface area (Å²) in [5, 5.41) is 0. The van der Waals surface area contributed by atoms with Crippen LogP contribution in [0.2, 0.25) is 0 Å². The highest BCUT2D eigenvalue weighted by atomic mass is 35.5. The fourth-order valence-corrected chi connectivity index (χ4v) is 1.47. The van der Waals surface area contributed by atoms with Gasteiger partial charge in [-0.15, -0.1) is 11.6 Å². The van der Waals surface area contributed by atoms with Gasteiger partial charge in [0.15, 0.2) is 5.69 Å². The van der Waals surface area contributed by atoms with Crippen LogP contribution in [0.4, 0.5) is 0 Å². The Kier molecular flexibility index (Phi) is 3.78. The quantitative estimate of drug-likeness (QED) is 0.593. The molecule has 0 radical (unpaired) electrons. The minimum absolute atomic E-state index is 0.231. The maximum Gasteiger partial charge on any atom is 0.356 e. The van der Waals surface area contributed by atoms with E-state index in [0.29, 0.717) is 30.1 Å². The van der Waals surface area contributed by atoms with Crippen molar-refractivity contribution in [1.82, 2.24) is 9.97 Å². The number of alkyl halides is 1. The molecular formula is C11H13ClN2O3. The molecule has 1 aliphatic carbocycles. The normalized spacial score (nSPS) is 14.5. The number of rotatable bonds is 5. The molecule has 0 unspecified atom stereocenters. The predicted molar refractivity (Wildman–Crippen MR) is 61.6 cm³/mol. The molecule has 1 heterocycles. The summed E-state index contributed by atoms with van der Waals surface area (Å²) in [5.41, 5.74) is 0.231. The molecule has 92 valence electrons. The number of carbonyl (C=O) groups excluding carboxylic acids is 1. The van der Waals surface area contributed by atoms with Gasteiger partial charge in [0.05, 0.1) is 13.0 Å². The molecule has 6 heteroatoms. The third-order valence-electron chi connectivity index (χ3n) is 2.38. The third-order valence-corrected chi connectivity index (χ3v) is 2.54. The van der Waals surface area contributed by atoms with Crippen LogP contribution in [0.25, 0.3) is 0 Å². The zero-order chi connectivity index (χ0) is 12.3. The van der Waals surface area contributed by atoms with Crippen molar-refractivity contribution in [2.45, 2.75) is 18.8 Å². The average molecular weight is 257 g/mol. The molecule has 1 aromatic heterocycles. The highest BCUT2D eigenvalue weighted by Gasteiger charge is 2.28. The molecule has 0 aliphatic heterocycles. The van der Waals surface area contributed by atoms with Crippen LogP contribution in [0.1, 0.15) is 35.1 Å². The molecule has 1 aromatic rings. The Hall–Kier alpha value is -1.36. The first-order valence-electron chi connectivity index (χ1n) is 5.40. The number of hydrogen-bond acceptors (Lipinski definition) is 5. The number of methoxy groups -OCH3 is 1. The maximum absolute atomic E-state index is 11.4. The Morgan fingerprint density at radius 2 is 2.29 bits per heavy atom. The zero-order valence-corrected chi connectivity index (χ0v) is 10.2. The van der Waals surface area contributed by atoms with Gasteiger partial charge in [0.25, 0.3) is 0 Å². The Morgan fingerprint density at radius 1 is 1.53 bits per heavy atom. The number of nitrogens with zero attached hydrogens (tertiary/aromatic N) is 2. The van der Waals surface area contributed by atoms with Crippen LogP contribution >= 0.6 is 11.6 Å². The van der Waals surface area contributed by atoms with Crippen molar-refractivity contribution >= 4 is 17.6 Å². The second-order valence-electron chi connectivity index (χ2n) is 3.75. The summed E-state index contributed by atoms with van der Waals surface area (Å²) in [6, 6.07) is 1.48. The highest BCUT2D eigenvalue weighted by Crippen LogP contribution is 2.38. The van der Waals surface area contributed by atoms with Crippen molar-refractivity contribution in [2.24, 2.45) is 0 Å². The summed E-state index contributed by atoms with van der Waals surface area (Å²) in [6.45, 7) is 0.350. The smallest absolute Gasteiger partial charge is 0.356 e. The second kappa shape index (κ2) is 5.31. The number of hydrogen-bond donors (Lipinski definition) is 0. The summed E-state index contributed by atoms with van der Waals surface area (Å²) in [5.74, 6) is 1.26. The first-order valence-corrected chi connectivity index (χ1v) is 5.94. The summed E-state index contributed by atoms with van der Waals surface area (Å²) in [7, 11) is 1.32. The third kappa shape index (κ3) is 3.06. The first-order chi connectivity index (χ1) is 8.24. The van der Waals surface area contributed by atoms with E-state index in [-0.39, 0.29) is 5.69 Å². The van der Waals surface area contributed by atoms with Gasteiger partial charge in [-0.25, -0.2) is 9.78 Å². The summed E-state index contributed by atoms with van der Waals surface area (Å²) < 4.78 is 9.96. The van der Waals surface area contributed by atoms with Gasteiger partial charge in [0.1, 0.15) is 12.4 Å². The Balaban J connectivity index is 2.25. The number of aromatic nitrogens is 2. The van der Waals surface area contributed by atoms with E-state index < -0.39 is 5.97 Å². The lowest BCUT2D eigenvalue weighted by Gasteiger charge is -2.07. The van der Waals surface area contributed by atoms with Crippen molar-refractivity contribution in [3.8, 4) is 5.88 Å². The summed E-state index contributed by atoms with van der Waals surface area (Å²) in [6.07, 6.45) is 2.11. The molecule has 0 amide bonds. The van der Waals surface area contributed by atoms with E-state index in [9.17, 15) is 4.79 Å². The molecule has 0 spiro atoms. The van der Waals surface area contributed by atoms with Gasteiger partial charge in [-0.1, -0.05) is 0 Å². The van der Waals surface area contributed by atoms with Gasteiger partial charge in [-0.05, 0) is 12.8 Å². The van der Waals surface area contributed by atoms with E-state index in [0.717, 1.165) is 12.8 Å². The standard InChI is InChI=1S/C11H13ClN2O3/c1-16-11(15)8-6-9(17-5-4-12)14-10(13-8)7-2-3-7/h6-7H,2-5H2,1H3. The molecule has 0 N–H and O–H groups in total. The zero-order valence-electron chi connectivity index (χ0n) is 9.48. The minimum Gasteiger partial charge on any atom is -0.476 e. The van der Waals surface area contributed by atoms with Gasteiger partial charge in [-0.2, -0.15) is 4.98 Å². The molecule has 0 aromatic carbocycles. The molecule has 1 saturated carbocycles. The molecular weight excluding hydrogens is 244 g/mol. The molecule has 17 heavy (non-hydrogen) atoms. The van der Waals surface area contributed by atoms with Gasteiger partial charge in [0, 0.05) is 12.0 Å². The van der Waals surface area contributed by atoms with Crippen LogP contribution in [0.15, 0.2) is 6.07 Å². The van der Waals surface area contributed by atoms with Crippen molar-refractivity contribution in [3.05, 3.63) is 17.6 Å². The Morgan fingerprint density at radius 3 is 2.88 bits per heavy atom. The highest BCUT2D eigenvalue weighted by molar-refractivity contribution is 6.18. The van der Waals surface area contributed by atoms with E-state index in [1.807, 2.05) is 0 Å². The van der Waals surface area contributed by atoms with Gasteiger partial charge < -0.3 is 9.47 Å². The SMILES string of the molecule is COC(=O)c1cc(OCCCl)nc(C2CC2)n1. The largest absolute Gasteiger partial charge is 0.476 e. The number of carbonyl (C=O) groups is 1. The van der Waals surface area contributed by atoms with E-state index >= 15 is 0 Å². The van der Waals surface area contributed by atoms with Crippen LogP contribution in [0.5, 0.6) is 5.88 Å². The van der Waals surface area contributed by atoms with Gasteiger partial charge in [0.2, 0.25) is 5.88 Å². The molecule has 0 atom stereocenters. The number of ether oxygens (including phenoxy) is 2. The predicted octanol–water partition coefficient (Wildman–Crippen LogP) is 1.76. The number of esters is 1. The monoisotopic (exact) mass is 256 g/mol. The molecule has 0 saturated heterocycles. The lowest BCUT2D eigenvalue weighted by Crippen LogP contribution is -2.10. The first kappa shape index (κ1) is 12.1. The van der Waals surface area contributed by atoms with E-state index in [1.54, 1.807) is 0 Å². The second-order valence-corrected chi connectivity index (χ2v) is 4.13. The van der Waals surface area contributed by atoms with Crippen LogP contribution in [0, 0.1) is 0 Å². The van der Waals surface area contributed by atoms with Crippen LogP contribution in [-0.4, -0.2) is 35.5 Å². The van der Waals surface area contributed by atoms with E-state index in [4.69, 9.17) is 16.3 Å². The van der Waals surface area contributed by atoms with Crippen molar-refractivity contribution in [3.63, 3.8) is 0 Å². The molecule has 0 bridgehead atoms. The lowest BCUT2D eigenvalue weighted by atomic mass is 10.3. The lowest BCUT2D eigenvalue weighted by molar-refractivity contribution is 0.0592. The van der Waals surface area contributed by atoms with E-state index in [1.165, 1.54) is 13.2 Å². The molecule has 1 fully saturated rings. The maximum atomic E-state index is 11.4. The summed E-state index contributed by atoms with van der Waals surface area (Å²) >= 11 is 5.54. The van der Waals surface area contributed by atoms with Crippen molar-refractivity contribution in [1.29, 1.82) is 0 Å². The van der Waals surface area contributed by atoms with Crippen LogP contribution in [0.3, 0.4) is 0 Å². The van der Waals surface area contributed by atoms with Crippen LogP contribution < -0.4 is 4.74 Å². The topological polar surface area (TPSA) is 61.3 Å². The fraction of sp³-hybridized carbons (Fsp3) is 0.545. The van der Waals surface area contributed by atoms with Gasteiger partial charge in [-0.3, -0.25) is 0 Å². The molecule has 5 nitrogen and oxygen atoms in total. The minimum atomic E-state index is -0.481. The van der Waals surface area contributed by atoms with E-state index in [2.05, 4.69) is 14.7 Å². The van der Waals surface area contributed by atoms with Crippen molar-refractivity contribution < 1.29 is 14.3 Å². The van der Waals surface area contributed by atoms with Crippen molar-refractivity contribution in [2.75, 3.05) is 19.6 Å². The average Bonchev–Trinajstić information content (AvgIpc) is 3.19. The van der Waals surface area contributed by atoms with Crippen LogP contribution in [-0.2, 0) is 4.74 Å². The molecule has 1 aliphatic rings. The Labute approximate surface area is 104 Å². The molecule has 2 rings (SSSR count). The number of halogens is 1. The Bertz CT molecular complexity index is 421. The van der Waals surface area contributed by atoms with Gasteiger partial charge >= 0.3 is 5.97 Å². The fourth-order valence-electron chi connectivity index (χ4n) is 1.39.